The van der Waals surface area contributed by atoms with Gasteiger partial charge in [0.05, 0.1) is 22.8 Å². The van der Waals surface area contributed by atoms with Crippen LogP contribution in [-0.4, -0.2) is 15.9 Å². The van der Waals surface area contributed by atoms with Crippen LogP contribution in [0.3, 0.4) is 0 Å². The summed E-state index contributed by atoms with van der Waals surface area (Å²) < 4.78 is 0. The predicted molar refractivity (Wildman–Crippen MR) is 110 cm³/mol. The quantitative estimate of drug-likeness (QED) is 0.558. The van der Waals surface area contributed by atoms with Crippen molar-refractivity contribution in [1.29, 1.82) is 0 Å². The predicted octanol–water partition coefficient (Wildman–Crippen LogP) is 4.71. The van der Waals surface area contributed by atoms with Gasteiger partial charge in [-0.05, 0) is 43.3 Å². The number of aromatic nitrogens is 2. The van der Waals surface area contributed by atoms with Crippen molar-refractivity contribution in [1.82, 2.24) is 9.97 Å². The number of hydrogen-bond donors (Lipinski definition) is 1. The fourth-order valence-corrected chi connectivity index (χ4v) is 3.54. The lowest BCUT2D eigenvalue weighted by molar-refractivity contribution is 0.0974. The number of carbonyl (C=O) groups excluding carboxylic acids is 1. The monoisotopic (exact) mass is 366 g/mol. The summed E-state index contributed by atoms with van der Waals surface area (Å²) in [5.74, 6) is -0.0573. The average molecular weight is 366 g/mol. The number of hydrogen-bond acceptors (Lipinski definition) is 4. The second-order valence-electron chi connectivity index (χ2n) is 6.89. The minimum atomic E-state index is -0.442. The first-order valence-electron chi connectivity index (χ1n) is 9.18. The molecule has 1 N–H and O–H groups in total. The van der Waals surface area contributed by atoms with Gasteiger partial charge < -0.3 is 5.32 Å². The van der Waals surface area contributed by atoms with Crippen molar-refractivity contribution < 1.29 is 4.79 Å². The van der Waals surface area contributed by atoms with Crippen LogP contribution in [0.15, 0.2) is 79.0 Å². The highest BCUT2D eigenvalue weighted by Gasteiger charge is 2.35. The summed E-state index contributed by atoms with van der Waals surface area (Å²) >= 11 is 0. The molecule has 0 saturated heterocycles. The van der Waals surface area contributed by atoms with Crippen molar-refractivity contribution in [3.8, 4) is 0 Å². The number of carbonyl (C=O) groups is 1. The number of nitrogens with one attached hydrogen (secondary N) is 1. The Hall–Kier alpha value is -3.73. The minimum absolute atomic E-state index is 0.0573. The number of amides is 1. The van der Waals surface area contributed by atoms with Crippen LogP contribution in [0.25, 0.3) is 11.0 Å². The molecule has 0 saturated carbocycles. The first kappa shape index (κ1) is 16.4. The van der Waals surface area contributed by atoms with Crippen LogP contribution in [0.4, 0.5) is 11.4 Å². The Bertz CT molecular complexity index is 1190. The zero-order valence-electron chi connectivity index (χ0n) is 15.3. The van der Waals surface area contributed by atoms with Crippen LogP contribution < -0.4 is 10.2 Å². The molecule has 2 heterocycles. The molecule has 0 bridgehead atoms. The molecule has 0 fully saturated rings. The van der Waals surface area contributed by atoms with E-state index in [1.807, 2.05) is 79.7 Å². The summed E-state index contributed by atoms with van der Waals surface area (Å²) in [4.78, 5) is 24.5. The zero-order chi connectivity index (χ0) is 19.1. The van der Waals surface area contributed by atoms with Gasteiger partial charge in [-0.3, -0.25) is 14.7 Å². The third kappa shape index (κ3) is 2.68. The molecule has 28 heavy (non-hydrogen) atoms. The number of benzene rings is 3. The van der Waals surface area contributed by atoms with Crippen LogP contribution in [0, 0.1) is 6.92 Å². The number of nitrogens with zero attached hydrogens (tertiary/aromatic N) is 3. The van der Waals surface area contributed by atoms with Gasteiger partial charge in [-0.2, -0.15) is 0 Å². The van der Waals surface area contributed by atoms with Crippen LogP contribution in [-0.2, 0) is 0 Å². The molecule has 5 nitrogen and oxygen atoms in total. The molecule has 1 amide bonds. The van der Waals surface area contributed by atoms with E-state index in [1.54, 1.807) is 11.1 Å². The van der Waals surface area contributed by atoms with E-state index in [1.165, 1.54) is 0 Å². The Labute approximate surface area is 162 Å². The minimum Gasteiger partial charge on any atom is -0.359 e. The van der Waals surface area contributed by atoms with Gasteiger partial charge >= 0.3 is 0 Å². The molecule has 5 heteroatoms. The van der Waals surface area contributed by atoms with Gasteiger partial charge in [0.15, 0.2) is 6.17 Å². The molecule has 136 valence electrons. The van der Waals surface area contributed by atoms with Crippen LogP contribution in [0.2, 0.25) is 0 Å². The zero-order valence-corrected chi connectivity index (χ0v) is 15.3. The molecule has 5 rings (SSSR count). The highest BCUT2D eigenvalue weighted by Crippen LogP contribution is 2.36. The van der Waals surface area contributed by atoms with E-state index in [0.717, 1.165) is 28.0 Å². The number of anilines is 2. The third-order valence-electron chi connectivity index (χ3n) is 4.99. The highest BCUT2D eigenvalue weighted by atomic mass is 16.2. The average Bonchev–Trinajstić information content (AvgIpc) is 2.74. The van der Waals surface area contributed by atoms with Crippen molar-refractivity contribution in [3.05, 3.63) is 95.8 Å². The van der Waals surface area contributed by atoms with Gasteiger partial charge in [0, 0.05) is 11.4 Å². The lowest BCUT2D eigenvalue weighted by atomic mass is 10.0. The Morgan fingerprint density at radius 3 is 2.43 bits per heavy atom. The molecule has 0 spiro atoms. The number of aryl methyl sites for hydroxylation is 1. The maximum Gasteiger partial charge on any atom is 0.262 e. The smallest absolute Gasteiger partial charge is 0.262 e. The standard InChI is InChI=1S/C23H18N4O/c1-15-10-12-16(13-11-15)27-22(26-18-7-3-2-6-17(18)23(27)28)21-14-24-19-8-4-5-9-20(19)25-21/h2-14,22,26H,1H3. The Kier molecular flexibility index (Phi) is 3.79. The maximum atomic E-state index is 13.4. The molecule has 1 aliphatic rings. The van der Waals surface area contributed by atoms with E-state index in [-0.39, 0.29) is 5.91 Å². The number of fused-ring (bicyclic) bond motifs is 2. The Morgan fingerprint density at radius 2 is 1.61 bits per heavy atom. The van der Waals surface area contributed by atoms with Crippen LogP contribution in [0.1, 0.15) is 27.8 Å². The maximum absolute atomic E-state index is 13.4. The van der Waals surface area contributed by atoms with Gasteiger partial charge in [0.1, 0.15) is 5.69 Å². The molecular weight excluding hydrogens is 348 g/mol. The van der Waals surface area contributed by atoms with Gasteiger partial charge in [-0.15, -0.1) is 0 Å². The Balaban J connectivity index is 1.67. The molecule has 3 aromatic carbocycles. The fourth-order valence-electron chi connectivity index (χ4n) is 3.54. The van der Waals surface area contributed by atoms with E-state index in [0.29, 0.717) is 11.3 Å². The van der Waals surface area contributed by atoms with Gasteiger partial charge in [0.25, 0.3) is 5.91 Å². The van der Waals surface area contributed by atoms with Crippen LogP contribution in [0.5, 0.6) is 0 Å². The largest absolute Gasteiger partial charge is 0.359 e. The summed E-state index contributed by atoms with van der Waals surface area (Å²) in [7, 11) is 0. The van der Waals surface area contributed by atoms with Crippen molar-refractivity contribution >= 4 is 28.3 Å². The molecule has 1 unspecified atom stereocenters. The Morgan fingerprint density at radius 1 is 0.893 bits per heavy atom. The van der Waals surface area contributed by atoms with Gasteiger partial charge in [-0.1, -0.05) is 42.0 Å². The van der Waals surface area contributed by atoms with Gasteiger partial charge in [0.2, 0.25) is 0 Å². The summed E-state index contributed by atoms with van der Waals surface area (Å²) in [6, 6.07) is 23.2. The van der Waals surface area contributed by atoms with Crippen molar-refractivity contribution in [3.63, 3.8) is 0 Å². The second-order valence-corrected chi connectivity index (χ2v) is 6.89. The van der Waals surface area contributed by atoms with E-state index < -0.39 is 6.17 Å². The SMILES string of the molecule is Cc1ccc(N2C(=O)c3ccccc3NC2c2cnc3ccccc3n2)cc1. The van der Waals surface area contributed by atoms with Crippen LogP contribution >= 0.6 is 0 Å². The van der Waals surface area contributed by atoms with E-state index >= 15 is 0 Å². The van der Waals surface area contributed by atoms with E-state index in [4.69, 9.17) is 4.98 Å². The normalized spacial score (nSPS) is 16.0. The molecule has 1 aromatic heterocycles. The molecular formula is C23H18N4O. The van der Waals surface area contributed by atoms with Crippen molar-refractivity contribution in [2.45, 2.75) is 13.1 Å². The summed E-state index contributed by atoms with van der Waals surface area (Å²) in [5, 5.41) is 3.47. The molecule has 0 aliphatic carbocycles. The molecule has 0 radical (unpaired) electrons. The highest BCUT2D eigenvalue weighted by molar-refractivity contribution is 6.12. The lowest BCUT2D eigenvalue weighted by Gasteiger charge is -2.37. The van der Waals surface area contributed by atoms with E-state index in [2.05, 4.69) is 10.3 Å². The number of para-hydroxylation sites is 3. The second kappa shape index (κ2) is 6.46. The van der Waals surface area contributed by atoms with Crippen molar-refractivity contribution in [2.24, 2.45) is 0 Å². The summed E-state index contributed by atoms with van der Waals surface area (Å²) in [6.07, 6.45) is 1.30. The third-order valence-corrected chi connectivity index (χ3v) is 4.99. The first-order valence-corrected chi connectivity index (χ1v) is 9.18. The lowest BCUT2D eigenvalue weighted by Crippen LogP contribution is -2.43. The molecule has 1 atom stereocenters. The summed E-state index contributed by atoms with van der Waals surface area (Å²) in [6.45, 7) is 2.03. The number of rotatable bonds is 2. The van der Waals surface area contributed by atoms with E-state index in [9.17, 15) is 4.79 Å². The van der Waals surface area contributed by atoms with Crippen molar-refractivity contribution in [2.75, 3.05) is 10.2 Å². The van der Waals surface area contributed by atoms with Gasteiger partial charge in [-0.25, -0.2) is 4.98 Å². The topological polar surface area (TPSA) is 58.1 Å². The molecule has 1 aliphatic heterocycles. The first-order chi connectivity index (χ1) is 13.7. The fraction of sp³-hybridized carbons (Fsp3) is 0.0870. The molecule has 4 aromatic rings. The summed E-state index contributed by atoms with van der Waals surface area (Å²) in [5.41, 5.74) is 5.74.